The monoisotopic (exact) mass is 340 g/mol. The zero-order valence-electron chi connectivity index (χ0n) is 12.5. The molecule has 2 rings (SSSR count). The fourth-order valence-corrected chi connectivity index (χ4v) is 2.17. The molecular weight excluding hydrogens is 325 g/mol. The summed E-state index contributed by atoms with van der Waals surface area (Å²) >= 11 is 0. The second-order valence-electron chi connectivity index (χ2n) is 5.20. The third-order valence-electron chi connectivity index (χ3n) is 3.39. The number of halogens is 3. The van der Waals surface area contributed by atoms with Crippen LogP contribution in [0.4, 0.5) is 18.9 Å². The first-order chi connectivity index (χ1) is 11.3. The van der Waals surface area contributed by atoms with Gasteiger partial charge in [-0.25, -0.2) is 0 Å². The van der Waals surface area contributed by atoms with Crippen LogP contribution >= 0.6 is 0 Å². The van der Waals surface area contributed by atoms with Gasteiger partial charge in [0.15, 0.2) is 0 Å². The maximum Gasteiger partial charge on any atom is 0.416 e. The van der Waals surface area contributed by atoms with Crippen molar-refractivity contribution in [3.8, 4) is 0 Å². The number of nitro benzene ring substituents is 1. The number of benzene rings is 2. The Kier molecular flexibility index (Phi) is 5.53. The Bertz CT molecular complexity index is 720. The number of nitrogens with zero attached hydrogens (tertiary/aromatic N) is 1. The Balaban J connectivity index is 1.95. The van der Waals surface area contributed by atoms with E-state index >= 15 is 0 Å². The summed E-state index contributed by atoms with van der Waals surface area (Å²) in [5.41, 5.74) is -0.0812. The maximum absolute atomic E-state index is 12.7. The summed E-state index contributed by atoms with van der Waals surface area (Å²) in [6.07, 6.45) is -5.59. The molecule has 8 heteroatoms. The van der Waals surface area contributed by atoms with Crippen LogP contribution in [0, 0.1) is 10.1 Å². The van der Waals surface area contributed by atoms with E-state index in [1.165, 1.54) is 24.3 Å². The standard InChI is InChI=1S/C16H15F3N2O3/c17-16(18,19)13-5-2-4-12(8-13)15(22)10-20-9-11-3-1-6-14(7-11)21(23)24/h1-8,15,20,22H,9-10H2. The highest BCUT2D eigenvalue weighted by molar-refractivity contribution is 5.34. The number of aliphatic hydroxyl groups is 1. The van der Waals surface area contributed by atoms with Gasteiger partial charge < -0.3 is 10.4 Å². The lowest BCUT2D eigenvalue weighted by Gasteiger charge is -2.14. The van der Waals surface area contributed by atoms with Gasteiger partial charge in [-0.2, -0.15) is 13.2 Å². The van der Waals surface area contributed by atoms with E-state index in [0.29, 0.717) is 5.56 Å². The molecule has 0 saturated carbocycles. The number of alkyl halides is 3. The van der Waals surface area contributed by atoms with Crippen molar-refractivity contribution >= 4 is 5.69 Å². The summed E-state index contributed by atoms with van der Waals surface area (Å²) in [5, 5.41) is 23.6. The largest absolute Gasteiger partial charge is 0.416 e. The average molecular weight is 340 g/mol. The lowest BCUT2D eigenvalue weighted by Crippen LogP contribution is -2.21. The van der Waals surface area contributed by atoms with Gasteiger partial charge in [0.25, 0.3) is 5.69 Å². The lowest BCUT2D eigenvalue weighted by molar-refractivity contribution is -0.384. The van der Waals surface area contributed by atoms with Crippen molar-refractivity contribution in [1.82, 2.24) is 5.32 Å². The molecule has 0 heterocycles. The number of nitrogens with one attached hydrogen (secondary N) is 1. The zero-order chi connectivity index (χ0) is 17.7. The molecule has 0 spiro atoms. The Hall–Kier alpha value is -2.45. The highest BCUT2D eigenvalue weighted by atomic mass is 19.4. The predicted molar refractivity (Wildman–Crippen MR) is 81.2 cm³/mol. The number of nitro groups is 1. The Morgan fingerprint density at radius 1 is 1.17 bits per heavy atom. The predicted octanol–water partition coefficient (Wildman–Crippen LogP) is 3.44. The molecule has 0 saturated heterocycles. The molecule has 0 fully saturated rings. The fourth-order valence-electron chi connectivity index (χ4n) is 2.17. The lowest BCUT2D eigenvalue weighted by atomic mass is 10.1. The fraction of sp³-hybridized carbons (Fsp3) is 0.250. The molecule has 2 aromatic carbocycles. The summed E-state index contributed by atoms with van der Waals surface area (Å²) < 4.78 is 38.0. The Morgan fingerprint density at radius 3 is 2.54 bits per heavy atom. The van der Waals surface area contributed by atoms with Crippen molar-refractivity contribution in [3.63, 3.8) is 0 Å². The molecule has 0 aliphatic rings. The SMILES string of the molecule is O=[N+]([O-])c1cccc(CNCC(O)c2cccc(C(F)(F)F)c2)c1. The quantitative estimate of drug-likeness (QED) is 0.624. The van der Waals surface area contributed by atoms with Crippen LogP contribution in [0.3, 0.4) is 0 Å². The van der Waals surface area contributed by atoms with Crippen LogP contribution in [0.25, 0.3) is 0 Å². The minimum absolute atomic E-state index is 0.0179. The van der Waals surface area contributed by atoms with Crippen LogP contribution in [-0.2, 0) is 12.7 Å². The maximum atomic E-state index is 12.7. The van der Waals surface area contributed by atoms with Gasteiger partial charge in [0.1, 0.15) is 0 Å². The molecule has 24 heavy (non-hydrogen) atoms. The van der Waals surface area contributed by atoms with Crippen LogP contribution in [-0.4, -0.2) is 16.6 Å². The number of hydrogen-bond donors (Lipinski definition) is 2. The van der Waals surface area contributed by atoms with Gasteiger partial charge in [0.2, 0.25) is 0 Å². The van der Waals surface area contributed by atoms with Crippen LogP contribution in [0.2, 0.25) is 0 Å². The van der Waals surface area contributed by atoms with Gasteiger partial charge in [-0.05, 0) is 23.3 Å². The third-order valence-corrected chi connectivity index (χ3v) is 3.39. The van der Waals surface area contributed by atoms with Crippen molar-refractivity contribution in [2.24, 2.45) is 0 Å². The van der Waals surface area contributed by atoms with E-state index in [1.807, 2.05) is 0 Å². The molecule has 128 valence electrons. The molecule has 5 nitrogen and oxygen atoms in total. The summed E-state index contributed by atoms with van der Waals surface area (Å²) in [6, 6.07) is 10.5. The van der Waals surface area contributed by atoms with Crippen molar-refractivity contribution in [3.05, 3.63) is 75.3 Å². The molecule has 0 aliphatic heterocycles. The average Bonchev–Trinajstić information content (AvgIpc) is 2.54. The van der Waals surface area contributed by atoms with Gasteiger partial charge in [-0.3, -0.25) is 10.1 Å². The minimum Gasteiger partial charge on any atom is -0.387 e. The van der Waals surface area contributed by atoms with Crippen LogP contribution in [0.1, 0.15) is 22.8 Å². The molecule has 1 atom stereocenters. The second-order valence-corrected chi connectivity index (χ2v) is 5.20. The first-order valence-electron chi connectivity index (χ1n) is 7.06. The van der Waals surface area contributed by atoms with E-state index in [9.17, 15) is 28.4 Å². The van der Waals surface area contributed by atoms with Gasteiger partial charge in [0, 0.05) is 25.2 Å². The van der Waals surface area contributed by atoms with E-state index < -0.39 is 22.8 Å². The second kappa shape index (κ2) is 7.41. The summed E-state index contributed by atoms with van der Waals surface area (Å²) in [6.45, 7) is 0.266. The van der Waals surface area contributed by atoms with Crippen LogP contribution in [0.5, 0.6) is 0 Å². The Labute approximate surface area is 135 Å². The first-order valence-corrected chi connectivity index (χ1v) is 7.06. The summed E-state index contributed by atoms with van der Waals surface area (Å²) in [5.74, 6) is 0. The number of rotatable bonds is 6. The van der Waals surface area contributed by atoms with E-state index in [-0.39, 0.29) is 24.3 Å². The molecule has 0 aliphatic carbocycles. The molecule has 1 unspecified atom stereocenters. The number of non-ortho nitro benzene ring substituents is 1. The summed E-state index contributed by atoms with van der Waals surface area (Å²) in [7, 11) is 0. The number of hydrogen-bond acceptors (Lipinski definition) is 4. The molecule has 2 N–H and O–H groups in total. The molecule has 0 amide bonds. The zero-order valence-corrected chi connectivity index (χ0v) is 12.5. The molecule has 0 radical (unpaired) electrons. The van der Waals surface area contributed by atoms with E-state index in [0.717, 1.165) is 12.1 Å². The molecular formula is C16H15F3N2O3. The topological polar surface area (TPSA) is 75.4 Å². The van der Waals surface area contributed by atoms with E-state index in [1.54, 1.807) is 12.1 Å². The van der Waals surface area contributed by atoms with Crippen molar-refractivity contribution in [2.75, 3.05) is 6.54 Å². The van der Waals surface area contributed by atoms with Crippen LogP contribution in [0.15, 0.2) is 48.5 Å². The van der Waals surface area contributed by atoms with Crippen LogP contribution < -0.4 is 5.32 Å². The normalized spacial score (nSPS) is 12.8. The molecule has 2 aromatic rings. The smallest absolute Gasteiger partial charge is 0.387 e. The van der Waals surface area contributed by atoms with Gasteiger partial charge >= 0.3 is 6.18 Å². The third kappa shape index (κ3) is 4.77. The minimum atomic E-state index is -4.47. The highest BCUT2D eigenvalue weighted by Crippen LogP contribution is 2.30. The van der Waals surface area contributed by atoms with Crippen molar-refractivity contribution in [1.29, 1.82) is 0 Å². The van der Waals surface area contributed by atoms with Gasteiger partial charge in [-0.15, -0.1) is 0 Å². The first kappa shape index (κ1) is 17.9. The van der Waals surface area contributed by atoms with E-state index in [4.69, 9.17) is 0 Å². The Morgan fingerprint density at radius 2 is 1.88 bits per heavy atom. The van der Waals surface area contributed by atoms with Crippen molar-refractivity contribution < 1.29 is 23.2 Å². The van der Waals surface area contributed by atoms with Gasteiger partial charge in [0.05, 0.1) is 16.6 Å². The van der Waals surface area contributed by atoms with E-state index in [2.05, 4.69) is 5.32 Å². The van der Waals surface area contributed by atoms with Crippen molar-refractivity contribution in [2.45, 2.75) is 18.8 Å². The summed E-state index contributed by atoms with van der Waals surface area (Å²) in [4.78, 5) is 10.2. The highest BCUT2D eigenvalue weighted by Gasteiger charge is 2.30. The molecule has 0 bridgehead atoms. The van der Waals surface area contributed by atoms with Gasteiger partial charge in [-0.1, -0.05) is 24.3 Å². The molecule has 0 aromatic heterocycles. The number of aliphatic hydroxyl groups excluding tert-OH is 1.